The second kappa shape index (κ2) is 10.6. The Kier molecular flexibility index (Phi) is 8.45. The van der Waals surface area contributed by atoms with E-state index in [1.807, 2.05) is 18.9 Å². The molecule has 1 amide bonds. The van der Waals surface area contributed by atoms with Crippen molar-refractivity contribution >= 4 is 17.2 Å². The van der Waals surface area contributed by atoms with Crippen molar-refractivity contribution in [1.82, 2.24) is 14.8 Å². The first-order chi connectivity index (χ1) is 13.0. The number of aryl methyl sites for hydroxylation is 2. The lowest BCUT2D eigenvalue weighted by Crippen LogP contribution is -2.36. The second-order valence-corrected chi connectivity index (χ2v) is 7.99. The third kappa shape index (κ3) is 5.88. The molecule has 148 valence electrons. The molecule has 0 aliphatic carbocycles. The first-order valence-corrected chi connectivity index (χ1v) is 10.9. The highest BCUT2D eigenvalue weighted by molar-refractivity contribution is 7.17. The van der Waals surface area contributed by atoms with E-state index >= 15 is 0 Å². The number of rotatable bonds is 10. The summed E-state index contributed by atoms with van der Waals surface area (Å²) in [5.74, 6) is 0.0722. The Labute approximate surface area is 168 Å². The van der Waals surface area contributed by atoms with Gasteiger partial charge in [0, 0.05) is 25.7 Å². The van der Waals surface area contributed by atoms with Crippen LogP contribution < -0.4 is 0 Å². The smallest absolute Gasteiger partial charge is 0.265 e. The molecule has 0 N–H and O–H groups in total. The van der Waals surface area contributed by atoms with Crippen molar-refractivity contribution in [3.63, 3.8) is 0 Å². The van der Waals surface area contributed by atoms with E-state index in [1.54, 1.807) is 0 Å². The number of unbranched alkanes of at least 4 members (excludes halogenated alkanes) is 1. The molecule has 1 heterocycles. The monoisotopic (exact) mass is 387 g/mol. The van der Waals surface area contributed by atoms with E-state index in [4.69, 9.17) is 0 Å². The standard InChI is InChI=1S/C22H33N3OS/c1-6-9-10-18-11-13-19(14-12-18)21-23-17(4)20(27-21)22(26)24(5)15-16-25(7-2)8-3/h11-14H,6-10,15-16H2,1-5H3. The number of benzene rings is 1. The maximum absolute atomic E-state index is 12.8. The number of hydrogen-bond acceptors (Lipinski definition) is 4. The molecule has 0 spiro atoms. The lowest BCUT2D eigenvalue weighted by Gasteiger charge is -2.22. The average molecular weight is 388 g/mol. The molecule has 0 aliphatic heterocycles. The molecule has 27 heavy (non-hydrogen) atoms. The highest BCUT2D eigenvalue weighted by Crippen LogP contribution is 2.29. The van der Waals surface area contributed by atoms with E-state index < -0.39 is 0 Å². The van der Waals surface area contributed by atoms with Gasteiger partial charge in [0.2, 0.25) is 0 Å². The summed E-state index contributed by atoms with van der Waals surface area (Å²) in [4.78, 5) is 22.4. The summed E-state index contributed by atoms with van der Waals surface area (Å²) >= 11 is 1.50. The Morgan fingerprint density at radius 3 is 2.33 bits per heavy atom. The van der Waals surface area contributed by atoms with Gasteiger partial charge in [0.05, 0.1) is 5.69 Å². The van der Waals surface area contributed by atoms with E-state index in [0.717, 1.165) is 53.7 Å². The summed E-state index contributed by atoms with van der Waals surface area (Å²) in [5, 5.41) is 0.926. The molecular weight excluding hydrogens is 354 g/mol. The van der Waals surface area contributed by atoms with Gasteiger partial charge in [0.15, 0.2) is 0 Å². The summed E-state index contributed by atoms with van der Waals surface area (Å²) in [6.45, 7) is 12.1. The minimum atomic E-state index is 0.0722. The van der Waals surface area contributed by atoms with Gasteiger partial charge in [-0.15, -0.1) is 11.3 Å². The van der Waals surface area contributed by atoms with Crippen LogP contribution in [0.25, 0.3) is 10.6 Å². The molecular formula is C22H33N3OS. The van der Waals surface area contributed by atoms with Gasteiger partial charge in [-0.05, 0) is 38.4 Å². The molecule has 0 saturated heterocycles. The normalized spacial score (nSPS) is 11.2. The lowest BCUT2D eigenvalue weighted by atomic mass is 10.1. The Balaban J connectivity index is 2.07. The van der Waals surface area contributed by atoms with Crippen molar-refractivity contribution in [2.45, 2.75) is 47.0 Å². The number of amides is 1. The maximum atomic E-state index is 12.8. The van der Waals surface area contributed by atoms with Crippen molar-refractivity contribution in [3.05, 3.63) is 40.4 Å². The minimum Gasteiger partial charge on any atom is -0.340 e. The summed E-state index contributed by atoms with van der Waals surface area (Å²) in [7, 11) is 1.88. The van der Waals surface area contributed by atoms with Gasteiger partial charge in [0.1, 0.15) is 9.88 Å². The molecule has 2 rings (SSSR count). The lowest BCUT2D eigenvalue weighted by molar-refractivity contribution is 0.0783. The van der Waals surface area contributed by atoms with Crippen molar-refractivity contribution in [2.24, 2.45) is 0 Å². The topological polar surface area (TPSA) is 36.4 Å². The van der Waals surface area contributed by atoms with Crippen LogP contribution in [0.5, 0.6) is 0 Å². The number of thiazole rings is 1. The fourth-order valence-corrected chi connectivity index (χ4v) is 4.09. The van der Waals surface area contributed by atoms with Crippen molar-refractivity contribution < 1.29 is 4.79 Å². The molecule has 0 unspecified atom stereocenters. The summed E-state index contributed by atoms with van der Waals surface area (Å²) in [6.07, 6.45) is 3.55. The first-order valence-electron chi connectivity index (χ1n) is 10.0. The molecule has 0 bridgehead atoms. The van der Waals surface area contributed by atoms with Crippen LogP contribution in [-0.4, -0.2) is 53.9 Å². The van der Waals surface area contributed by atoms with Gasteiger partial charge in [0.25, 0.3) is 5.91 Å². The largest absolute Gasteiger partial charge is 0.340 e. The van der Waals surface area contributed by atoms with Crippen molar-refractivity contribution in [1.29, 1.82) is 0 Å². The molecule has 0 radical (unpaired) electrons. The van der Waals surface area contributed by atoms with Gasteiger partial charge in [-0.3, -0.25) is 4.79 Å². The van der Waals surface area contributed by atoms with Crippen LogP contribution in [0.4, 0.5) is 0 Å². The SMILES string of the molecule is CCCCc1ccc(-c2nc(C)c(C(=O)N(C)CCN(CC)CC)s2)cc1. The third-order valence-electron chi connectivity index (χ3n) is 5.00. The Hall–Kier alpha value is -1.72. The van der Waals surface area contributed by atoms with E-state index in [9.17, 15) is 4.79 Å². The highest BCUT2D eigenvalue weighted by Gasteiger charge is 2.20. The molecule has 2 aromatic rings. The summed E-state index contributed by atoms with van der Waals surface area (Å²) in [5.41, 5.74) is 3.28. The predicted molar refractivity (Wildman–Crippen MR) is 116 cm³/mol. The van der Waals surface area contributed by atoms with Crippen molar-refractivity contribution in [2.75, 3.05) is 33.2 Å². The Bertz CT molecular complexity index is 720. The molecule has 1 aromatic carbocycles. The number of carbonyl (C=O) groups is 1. The van der Waals surface area contributed by atoms with Gasteiger partial charge < -0.3 is 9.80 Å². The molecule has 5 heteroatoms. The third-order valence-corrected chi connectivity index (χ3v) is 6.20. The fourth-order valence-electron chi connectivity index (χ4n) is 3.02. The van der Waals surface area contributed by atoms with Gasteiger partial charge >= 0.3 is 0 Å². The summed E-state index contributed by atoms with van der Waals surface area (Å²) in [6, 6.07) is 8.61. The van der Waals surface area contributed by atoms with Crippen LogP contribution in [0, 0.1) is 6.92 Å². The number of aromatic nitrogens is 1. The Morgan fingerprint density at radius 2 is 1.74 bits per heavy atom. The van der Waals surface area contributed by atoms with Gasteiger partial charge in [-0.25, -0.2) is 4.98 Å². The number of nitrogens with zero attached hydrogens (tertiary/aromatic N) is 3. The number of hydrogen-bond donors (Lipinski definition) is 0. The molecule has 4 nitrogen and oxygen atoms in total. The fraction of sp³-hybridized carbons (Fsp3) is 0.545. The van der Waals surface area contributed by atoms with Crippen LogP contribution in [0.15, 0.2) is 24.3 Å². The highest BCUT2D eigenvalue weighted by atomic mass is 32.1. The predicted octanol–water partition coefficient (Wildman–Crippen LogP) is 4.87. The van der Waals surface area contributed by atoms with Crippen LogP contribution in [0.3, 0.4) is 0 Å². The van der Waals surface area contributed by atoms with Gasteiger partial charge in [-0.1, -0.05) is 51.5 Å². The average Bonchev–Trinajstić information content (AvgIpc) is 3.08. The van der Waals surface area contributed by atoms with Crippen LogP contribution in [0.1, 0.15) is 54.5 Å². The molecule has 0 atom stereocenters. The minimum absolute atomic E-state index is 0.0722. The van der Waals surface area contributed by atoms with E-state index in [-0.39, 0.29) is 5.91 Å². The van der Waals surface area contributed by atoms with Crippen LogP contribution in [0.2, 0.25) is 0 Å². The van der Waals surface area contributed by atoms with Gasteiger partial charge in [-0.2, -0.15) is 0 Å². The zero-order valence-electron chi connectivity index (χ0n) is 17.4. The van der Waals surface area contributed by atoms with E-state index in [2.05, 4.69) is 54.9 Å². The van der Waals surface area contributed by atoms with Crippen LogP contribution in [-0.2, 0) is 6.42 Å². The number of carbonyl (C=O) groups excluding carboxylic acids is 1. The zero-order chi connectivity index (χ0) is 19.8. The zero-order valence-corrected chi connectivity index (χ0v) is 18.2. The van der Waals surface area contributed by atoms with E-state index in [0.29, 0.717) is 0 Å². The molecule has 0 fully saturated rings. The van der Waals surface area contributed by atoms with Crippen molar-refractivity contribution in [3.8, 4) is 10.6 Å². The quantitative estimate of drug-likeness (QED) is 0.583. The molecule has 0 saturated carbocycles. The molecule has 1 aromatic heterocycles. The van der Waals surface area contributed by atoms with Crippen LogP contribution >= 0.6 is 11.3 Å². The van der Waals surface area contributed by atoms with E-state index in [1.165, 1.54) is 29.7 Å². The first kappa shape index (κ1) is 21.6. The maximum Gasteiger partial charge on any atom is 0.265 e. The molecule has 0 aliphatic rings. The second-order valence-electron chi connectivity index (χ2n) is 6.99. The number of likely N-dealkylation sites (N-methyl/N-ethyl adjacent to an activating group) is 2. The summed E-state index contributed by atoms with van der Waals surface area (Å²) < 4.78 is 0. The Morgan fingerprint density at radius 1 is 1.07 bits per heavy atom.